The maximum absolute atomic E-state index is 12.9. The van der Waals surface area contributed by atoms with Crippen molar-refractivity contribution < 1.29 is 4.79 Å². The van der Waals surface area contributed by atoms with Crippen molar-refractivity contribution >= 4 is 22.2 Å². The average Bonchev–Trinajstić information content (AvgIpc) is 3.08. The van der Waals surface area contributed by atoms with E-state index in [1.54, 1.807) is 0 Å². The summed E-state index contributed by atoms with van der Waals surface area (Å²) in [6.45, 7) is 0. The first-order chi connectivity index (χ1) is 12.2. The van der Waals surface area contributed by atoms with Crippen molar-refractivity contribution in [2.45, 2.75) is 38.1 Å². The van der Waals surface area contributed by atoms with Crippen LogP contribution in [0.3, 0.4) is 0 Å². The summed E-state index contributed by atoms with van der Waals surface area (Å²) >= 11 is 1.40. The van der Waals surface area contributed by atoms with E-state index >= 15 is 0 Å². The molecule has 2 heterocycles. The molecule has 1 aliphatic carbocycles. The van der Waals surface area contributed by atoms with E-state index in [0.717, 1.165) is 36.9 Å². The Morgan fingerprint density at radius 3 is 2.68 bits per heavy atom. The molecular weight excluding hydrogens is 334 g/mol. The highest BCUT2D eigenvalue weighted by atomic mass is 32.1. The average molecular weight is 353 g/mol. The lowest BCUT2D eigenvalue weighted by molar-refractivity contribution is 0.0925. The van der Waals surface area contributed by atoms with Crippen LogP contribution in [0.5, 0.6) is 0 Å². The number of thiazole rings is 1. The second kappa shape index (κ2) is 6.80. The third-order valence-corrected chi connectivity index (χ3v) is 5.54. The Morgan fingerprint density at radius 1 is 1.16 bits per heavy atom. The molecule has 0 saturated heterocycles. The number of aromatic nitrogens is 2. The van der Waals surface area contributed by atoms with Gasteiger partial charge in [0.1, 0.15) is 5.56 Å². The number of hydrogen-bond acceptors (Lipinski definition) is 4. The van der Waals surface area contributed by atoms with Crippen molar-refractivity contribution in [1.82, 2.24) is 14.7 Å². The smallest absolute Gasteiger partial charge is 0.271 e. The fourth-order valence-electron chi connectivity index (χ4n) is 3.37. The monoisotopic (exact) mass is 353 g/mol. The third-order valence-electron chi connectivity index (χ3n) is 4.70. The SMILES string of the molecule is O=C(NC1CCCCC1)c1cnc2scc(-c3ccccc3)n2c1=O. The number of carbonyl (C=O) groups excluding carboxylic acids is 1. The maximum atomic E-state index is 12.9. The molecule has 6 heteroatoms. The van der Waals surface area contributed by atoms with Gasteiger partial charge in [0.25, 0.3) is 11.5 Å². The van der Waals surface area contributed by atoms with Crippen LogP contribution in [0.25, 0.3) is 16.2 Å². The van der Waals surface area contributed by atoms with Gasteiger partial charge in [-0.25, -0.2) is 4.98 Å². The topological polar surface area (TPSA) is 63.5 Å². The normalized spacial score (nSPS) is 15.4. The quantitative estimate of drug-likeness (QED) is 0.784. The molecule has 3 aromatic rings. The molecule has 1 aromatic carbocycles. The molecule has 5 nitrogen and oxygen atoms in total. The first kappa shape index (κ1) is 16.0. The molecule has 0 spiro atoms. The fourth-order valence-corrected chi connectivity index (χ4v) is 4.23. The molecular formula is C19H19N3O2S. The Bertz CT molecular complexity index is 956. The van der Waals surface area contributed by atoms with Crippen LogP contribution in [0.15, 0.2) is 46.7 Å². The number of nitrogens with zero attached hydrogens (tertiary/aromatic N) is 2. The highest BCUT2D eigenvalue weighted by molar-refractivity contribution is 7.15. The lowest BCUT2D eigenvalue weighted by Gasteiger charge is -2.22. The van der Waals surface area contributed by atoms with Gasteiger partial charge in [-0.15, -0.1) is 11.3 Å². The molecule has 1 amide bonds. The summed E-state index contributed by atoms with van der Waals surface area (Å²) in [6.07, 6.45) is 6.85. The van der Waals surface area contributed by atoms with E-state index in [4.69, 9.17) is 0 Å². The van der Waals surface area contributed by atoms with Crippen molar-refractivity contribution in [3.8, 4) is 11.3 Å². The molecule has 1 aliphatic rings. The molecule has 1 fully saturated rings. The summed E-state index contributed by atoms with van der Waals surface area (Å²) < 4.78 is 1.54. The van der Waals surface area contributed by atoms with Crippen LogP contribution in [0, 0.1) is 0 Å². The highest BCUT2D eigenvalue weighted by Crippen LogP contribution is 2.23. The standard InChI is InChI=1S/C19H19N3O2S/c23-17(21-14-9-5-2-6-10-14)15-11-20-19-22(18(15)24)16(12-25-19)13-7-3-1-4-8-13/h1,3-4,7-8,11-12,14H,2,5-6,9-10H2,(H,21,23). The van der Waals surface area contributed by atoms with Gasteiger partial charge in [0, 0.05) is 17.6 Å². The molecule has 0 aliphatic heterocycles. The molecule has 4 rings (SSSR count). The van der Waals surface area contributed by atoms with E-state index in [0.29, 0.717) is 4.96 Å². The van der Waals surface area contributed by atoms with Crippen molar-refractivity contribution in [1.29, 1.82) is 0 Å². The first-order valence-electron chi connectivity index (χ1n) is 8.59. The minimum atomic E-state index is -0.316. The van der Waals surface area contributed by atoms with Crippen LogP contribution in [-0.4, -0.2) is 21.3 Å². The van der Waals surface area contributed by atoms with Crippen LogP contribution < -0.4 is 10.9 Å². The van der Waals surface area contributed by atoms with E-state index in [2.05, 4.69) is 10.3 Å². The minimum Gasteiger partial charge on any atom is -0.349 e. The fraction of sp³-hybridized carbons (Fsp3) is 0.316. The summed E-state index contributed by atoms with van der Waals surface area (Å²) in [6, 6.07) is 9.85. The van der Waals surface area contributed by atoms with Crippen LogP contribution >= 0.6 is 11.3 Å². The Morgan fingerprint density at radius 2 is 1.92 bits per heavy atom. The molecule has 128 valence electrons. The second-order valence-electron chi connectivity index (χ2n) is 6.39. The summed E-state index contributed by atoms with van der Waals surface area (Å²) in [5.74, 6) is -0.316. The molecule has 1 saturated carbocycles. The summed E-state index contributed by atoms with van der Waals surface area (Å²) in [5.41, 5.74) is 1.50. The number of benzene rings is 1. The number of hydrogen-bond donors (Lipinski definition) is 1. The van der Waals surface area contributed by atoms with Gasteiger partial charge >= 0.3 is 0 Å². The maximum Gasteiger partial charge on any atom is 0.271 e. The van der Waals surface area contributed by atoms with Gasteiger partial charge in [0.2, 0.25) is 0 Å². The predicted molar refractivity (Wildman–Crippen MR) is 99.1 cm³/mol. The molecule has 0 unspecified atom stereocenters. The minimum absolute atomic E-state index is 0.110. The molecule has 0 atom stereocenters. The largest absolute Gasteiger partial charge is 0.349 e. The van der Waals surface area contributed by atoms with E-state index in [9.17, 15) is 9.59 Å². The van der Waals surface area contributed by atoms with E-state index < -0.39 is 0 Å². The zero-order valence-corrected chi connectivity index (χ0v) is 14.6. The molecule has 1 N–H and O–H groups in total. The number of nitrogens with one attached hydrogen (secondary N) is 1. The van der Waals surface area contributed by atoms with Gasteiger partial charge in [0.05, 0.1) is 5.69 Å². The van der Waals surface area contributed by atoms with E-state index in [-0.39, 0.29) is 23.1 Å². The van der Waals surface area contributed by atoms with E-state index in [1.165, 1.54) is 28.4 Å². The van der Waals surface area contributed by atoms with Gasteiger partial charge in [-0.1, -0.05) is 49.6 Å². The van der Waals surface area contributed by atoms with Crippen LogP contribution in [0.2, 0.25) is 0 Å². The summed E-state index contributed by atoms with van der Waals surface area (Å²) in [4.78, 5) is 30.4. The van der Waals surface area contributed by atoms with E-state index in [1.807, 2.05) is 35.7 Å². The Labute approximate surface area is 149 Å². The Hall–Kier alpha value is -2.47. The van der Waals surface area contributed by atoms with Crippen LogP contribution in [0.4, 0.5) is 0 Å². The number of amides is 1. The molecule has 0 bridgehead atoms. The number of rotatable bonds is 3. The van der Waals surface area contributed by atoms with Gasteiger partial charge in [-0.3, -0.25) is 14.0 Å². The zero-order chi connectivity index (χ0) is 17.2. The van der Waals surface area contributed by atoms with Crippen molar-refractivity contribution in [3.05, 3.63) is 57.8 Å². The Balaban J connectivity index is 1.72. The highest BCUT2D eigenvalue weighted by Gasteiger charge is 2.21. The van der Waals surface area contributed by atoms with Crippen molar-refractivity contribution in [3.63, 3.8) is 0 Å². The summed E-state index contributed by atoms with van der Waals surface area (Å²) in [7, 11) is 0. The van der Waals surface area contributed by atoms with Crippen molar-refractivity contribution in [2.75, 3.05) is 0 Å². The first-order valence-corrected chi connectivity index (χ1v) is 9.47. The lowest BCUT2D eigenvalue weighted by Crippen LogP contribution is -2.39. The van der Waals surface area contributed by atoms with Crippen LogP contribution in [0.1, 0.15) is 42.5 Å². The molecule has 25 heavy (non-hydrogen) atoms. The van der Waals surface area contributed by atoms with Gasteiger partial charge < -0.3 is 5.32 Å². The zero-order valence-electron chi connectivity index (χ0n) is 13.8. The lowest BCUT2D eigenvalue weighted by atomic mass is 9.95. The van der Waals surface area contributed by atoms with Crippen LogP contribution in [-0.2, 0) is 0 Å². The summed E-state index contributed by atoms with van der Waals surface area (Å²) in [5, 5.41) is 4.91. The molecule has 0 radical (unpaired) electrons. The number of fused-ring (bicyclic) bond motifs is 1. The molecule has 2 aromatic heterocycles. The van der Waals surface area contributed by atoms with Gasteiger partial charge in [-0.2, -0.15) is 0 Å². The Kier molecular flexibility index (Phi) is 4.36. The van der Waals surface area contributed by atoms with Crippen molar-refractivity contribution in [2.24, 2.45) is 0 Å². The third kappa shape index (κ3) is 3.09. The van der Waals surface area contributed by atoms with Gasteiger partial charge in [-0.05, 0) is 18.4 Å². The van der Waals surface area contributed by atoms with Gasteiger partial charge in [0.15, 0.2) is 4.96 Å². The second-order valence-corrected chi connectivity index (χ2v) is 7.23. The predicted octanol–water partition coefficient (Wildman–Crippen LogP) is 3.49. The number of carbonyl (C=O) groups is 1.